The second-order valence-electron chi connectivity index (χ2n) is 4.35. The zero-order chi connectivity index (χ0) is 15.0. The number of rotatable bonds is 2. The van der Waals surface area contributed by atoms with Gasteiger partial charge in [0.25, 0.3) is 0 Å². The summed E-state index contributed by atoms with van der Waals surface area (Å²) in [6, 6.07) is 7.58. The van der Waals surface area contributed by atoms with Crippen molar-refractivity contribution in [2.75, 3.05) is 7.11 Å². The smallest absolute Gasteiger partial charge is 0.337 e. The Morgan fingerprint density at radius 3 is 2.52 bits per heavy atom. The number of esters is 1. The average molecular weight is 289 g/mol. The fourth-order valence-corrected chi connectivity index (χ4v) is 1.97. The molecule has 0 saturated heterocycles. The molecule has 0 aliphatic heterocycles. The molecular formula is C15H9F2NO3. The second-order valence-corrected chi connectivity index (χ2v) is 4.35. The standard InChI is InChI=1S/C15H9F2NO3/c1-20-15(19)8-2-3-12-13(6-8)21-14(18-12)9-4-10(16)7-11(17)5-9/h2-7H,1H3. The van der Waals surface area contributed by atoms with Gasteiger partial charge in [0.15, 0.2) is 5.58 Å². The second kappa shape index (κ2) is 4.97. The van der Waals surface area contributed by atoms with Crippen LogP contribution in [0.15, 0.2) is 40.8 Å². The van der Waals surface area contributed by atoms with Gasteiger partial charge in [-0.15, -0.1) is 0 Å². The van der Waals surface area contributed by atoms with Crippen LogP contribution in [-0.2, 0) is 4.74 Å². The zero-order valence-corrected chi connectivity index (χ0v) is 10.9. The molecule has 1 heterocycles. The summed E-state index contributed by atoms with van der Waals surface area (Å²) in [5, 5.41) is 0. The fraction of sp³-hybridized carbons (Fsp3) is 0.0667. The summed E-state index contributed by atoms with van der Waals surface area (Å²) < 4.78 is 36.5. The van der Waals surface area contributed by atoms with Crippen LogP contribution in [0, 0.1) is 11.6 Å². The van der Waals surface area contributed by atoms with Gasteiger partial charge in [-0.25, -0.2) is 18.6 Å². The maximum Gasteiger partial charge on any atom is 0.337 e. The van der Waals surface area contributed by atoms with Crippen LogP contribution in [0.2, 0.25) is 0 Å². The van der Waals surface area contributed by atoms with Crippen molar-refractivity contribution >= 4 is 17.1 Å². The van der Waals surface area contributed by atoms with E-state index in [-0.39, 0.29) is 11.5 Å². The van der Waals surface area contributed by atoms with Gasteiger partial charge < -0.3 is 9.15 Å². The molecule has 2 aromatic carbocycles. The quantitative estimate of drug-likeness (QED) is 0.677. The van der Waals surface area contributed by atoms with Gasteiger partial charge in [0, 0.05) is 11.6 Å². The van der Waals surface area contributed by atoms with E-state index < -0.39 is 17.6 Å². The van der Waals surface area contributed by atoms with Gasteiger partial charge in [0.1, 0.15) is 17.2 Å². The summed E-state index contributed by atoms with van der Waals surface area (Å²) in [5.41, 5.74) is 1.29. The third-order valence-corrected chi connectivity index (χ3v) is 2.92. The first-order chi connectivity index (χ1) is 10.1. The van der Waals surface area contributed by atoms with E-state index in [1.165, 1.54) is 19.2 Å². The number of aromatic nitrogens is 1. The molecule has 106 valence electrons. The summed E-state index contributed by atoms with van der Waals surface area (Å²) in [5.74, 6) is -1.87. The molecule has 0 N–H and O–H groups in total. The maximum atomic E-state index is 13.2. The molecule has 0 bridgehead atoms. The number of benzene rings is 2. The number of hydrogen-bond acceptors (Lipinski definition) is 4. The third kappa shape index (κ3) is 2.47. The number of nitrogens with zero attached hydrogens (tertiary/aromatic N) is 1. The first-order valence-corrected chi connectivity index (χ1v) is 6.02. The van der Waals surface area contributed by atoms with Crippen LogP contribution in [0.4, 0.5) is 8.78 Å². The Kier molecular flexibility index (Phi) is 3.13. The molecule has 0 aliphatic carbocycles. The van der Waals surface area contributed by atoms with Crippen molar-refractivity contribution in [3.8, 4) is 11.5 Å². The Bertz CT molecular complexity index is 822. The van der Waals surface area contributed by atoms with Crippen LogP contribution in [0.25, 0.3) is 22.6 Å². The first-order valence-electron chi connectivity index (χ1n) is 6.02. The molecule has 0 radical (unpaired) electrons. The largest absolute Gasteiger partial charge is 0.465 e. The van der Waals surface area contributed by atoms with Gasteiger partial charge in [-0.1, -0.05) is 0 Å². The molecule has 0 aliphatic rings. The molecule has 3 aromatic rings. The lowest BCUT2D eigenvalue weighted by atomic mass is 10.2. The number of fused-ring (bicyclic) bond motifs is 1. The van der Waals surface area contributed by atoms with E-state index in [1.54, 1.807) is 6.07 Å². The highest BCUT2D eigenvalue weighted by molar-refractivity contribution is 5.93. The topological polar surface area (TPSA) is 52.3 Å². The molecule has 0 atom stereocenters. The third-order valence-electron chi connectivity index (χ3n) is 2.92. The number of halogens is 2. The number of carbonyl (C=O) groups is 1. The van der Waals surface area contributed by atoms with Crippen molar-refractivity contribution < 1.29 is 22.7 Å². The molecule has 4 nitrogen and oxygen atoms in total. The number of oxazole rings is 1. The number of ether oxygens (including phenoxy) is 1. The summed E-state index contributed by atoms with van der Waals surface area (Å²) in [7, 11) is 1.27. The minimum absolute atomic E-state index is 0.0745. The Morgan fingerprint density at radius 2 is 1.86 bits per heavy atom. The van der Waals surface area contributed by atoms with E-state index in [2.05, 4.69) is 9.72 Å². The Morgan fingerprint density at radius 1 is 1.14 bits per heavy atom. The van der Waals surface area contributed by atoms with Crippen LogP contribution in [-0.4, -0.2) is 18.1 Å². The van der Waals surface area contributed by atoms with Gasteiger partial charge in [-0.05, 0) is 30.3 Å². The predicted octanol–water partition coefficient (Wildman–Crippen LogP) is 3.56. The molecule has 0 fully saturated rings. The summed E-state index contributed by atoms with van der Waals surface area (Å²) in [4.78, 5) is 15.6. The lowest BCUT2D eigenvalue weighted by Crippen LogP contribution is -2.00. The van der Waals surface area contributed by atoms with Gasteiger partial charge in [0.2, 0.25) is 5.89 Å². The van der Waals surface area contributed by atoms with Gasteiger partial charge in [0.05, 0.1) is 12.7 Å². The van der Waals surface area contributed by atoms with E-state index >= 15 is 0 Å². The highest BCUT2D eigenvalue weighted by Crippen LogP contribution is 2.26. The molecule has 1 aromatic heterocycles. The fourth-order valence-electron chi connectivity index (χ4n) is 1.97. The van der Waals surface area contributed by atoms with E-state index in [0.717, 1.165) is 18.2 Å². The first kappa shape index (κ1) is 13.2. The minimum Gasteiger partial charge on any atom is -0.465 e. The molecule has 21 heavy (non-hydrogen) atoms. The van der Waals surface area contributed by atoms with Crippen molar-refractivity contribution in [3.63, 3.8) is 0 Å². The minimum atomic E-state index is -0.720. The van der Waals surface area contributed by atoms with Crippen LogP contribution in [0.3, 0.4) is 0 Å². The summed E-state index contributed by atoms with van der Waals surface area (Å²) >= 11 is 0. The van der Waals surface area contributed by atoms with Crippen LogP contribution in [0.1, 0.15) is 10.4 Å². The molecule has 0 spiro atoms. The van der Waals surface area contributed by atoms with E-state index in [9.17, 15) is 13.6 Å². The summed E-state index contributed by atoms with van der Waals surface area (Å²) in [6.45, 7) is 0. The molecular weight excluding hydrogens is 280 g/mol. The lowest BCUT2D eigenvalue weighted by molar-refractivity contribution is 0.0601. The number of hydrogen-bond donors (Lipinski definition) is 0. The van der Waals surface area contributed by atoms with Crippen molar-refractivity contribution in [2.24, 2.45) is 0 Å². The van der Waals surface area contributed by atoms with E-state index in [4.69, 9.17) is 4.42 Å². The van der Waals surface area contributed by atoms with Crippen molar-refractivity contribution in [1.29, 1.82) is 0 Å². The Balaban J connectivity index is 2.10. The summed E-state index contributed by atoms with van der Waals surface area (Å²) in [6.07, 6.45) is 0. The Labute approximate surface area is 118 Å². The van der Waals surface area contributed by atoms with Crippen LogP contribution < -0.4 is 0 Å². The Hall–Kier alpha value is -2.76. The number of carbonyl (C=O) groups excluding carboxylic acids is 1. The highest BCUT2D eigenvalue weighted by Gasteiger charge is 2.13. The lowest BCUT2D eigenvalue weighted by Gasteiger charge is -1.97. The molecule has 3 rings (SSSR count). The number of methoxy groups -OCH3 is 1. The van der Waals surface area contributed by atoms with Crippen molar-refractivity contribution in [1.82, 2.24) is 4.98 Å². The molecule has 6 heteroatoms. The van der Waals surface area contributed by atoms with Gasteiger partial charge in [-0.2, -0.15) is 0 Å². The van der Waals surface area contributed by atoms with E-state index in [1.807, 2.05) is 0 Å². The highest BCUT2D eigenvalue weighted by atomic mass is 19.1. The monoisotopic (exact) mass is 289 g/mol. The van der Waals surface area contributed by atoms with E-state index in [0.29, 0.717) is 16.7 Å². The van der Waals surface area contributed by atoms with Gasteiger partial charge >= 0.3 is 5.97 Å². The zero-order valence-electron chi connectivity index (χ0n) is 10.9. The molecule has 0 saturated carbocycles. The van der Waals surface area contributed by atoms with Crippen LogP contribution >= 0.6 is 0 Å². The SMILES string of the molecule is COC(=O)c1ccc2nc(-c3cc(F)cc(F)c3)oc2c1. The normalized spacial score (nSPS) is 10.8. The average Bonchev–Trinajstić information content (AvgIpc) is 2.88. The molecule has 0 amide bonds. The van der Waals surface area contributed by atoms with Crippen LogP contribution in [0.5, 0.6) is 0 Å². The maximum absolute atomic E-state index is 13.2. The van der Waals surface area contributed by atoms with Crippen molar-refractivity contribution in [2.45, 2.75) is 0 Å². The molecule has 0 unspecified atom stereocenters. The van der Waals surface area contributed by atoms with Gasteiger partial charge in [-0.3, -0.25) is 0 Å². The predicted molar refractivity (Wildman–Crippen MR) is 70.7 cm³/mol. The van der Waals surface area contributed by atoms with Crippen molar-refractivity contribution in [3.05, 3.63) is 53.6 Å².